The van der Waals surface area contributed by atoms with Crippen LogP contribution >= 0.6 is 0 Å². The molecule has 0 radical (unpaired) electrons. The Morgan fingerprint density at radius 3 is 2.96 bits per heavy atom. The summed E-state index contributed by atoms with van der Waals surface area (Å²) in [5.74, 6) is 0.885. The molecule has 2 aromatic rings. The van der Waals surface area contributed by atoms with Gasteiger partial charge in [-0.15, -0.1) is 0 Å². The molecule has 0 aliphatic carbocycles. The Kier molecular flexibility index (Phi) is 5.42. The lowest BCUT2D eigenvalue weighted by molar-refractivity contribution is -0.136. The average Bonchev–Trinajstić information content (AvgIpc) is 3.01. The highest BCUT2D eigenvalue weighted by molar-refractivity contribution is 5.78. The Labute approximate surface area is 150 Å². The van der Waals surface area contributed by atoms with Gasteiger partial charge in [0.15, 0.2) is 0 Å². The number of aromatic nitrogens is 2. The van der Waals surface area contributed by atoms with Crippen LogP contribution in [-0.4, -0.2) is 39.3 Å². The molecule has 3 rings (SSSR count). The molecule has 1 saturated heterocycles. The number of nitrogens with one attached hydrogen (secondary N) is 1. The second kappa shape index (κ2) is 7.56. The number of hydrogen-bond donors (Lipinski definition) is 1. The molecule has 1 amide bonds. The zero-order chi connectivity index (χ0) is 18.0. The molecule has 2 aromatic heterocycles. The van der Waals surface area contributed by atoms with E-state index in [1.807, 2.05) is 24.9 Å². The number of piperidine rings is 1. The van der Waals surface area contributed by atoms with E-state index < -0.39 is 0 Å². The van der Waals surface area contributed by atoms with Crippen LogP contribution in [0.2, 0.25) is 0 Å². The van der Waals surface area contributed by atoms with Crippen molar-refractivity contribution < 1.29 is 4.79 Å². The summed E-state index contributed by atoms with van der Waals surface area (Å²) in [4.78, 5) is 18.8. The molecular formula is C20H30N4O. The summed E-state index contributed by atoms with van der Waals surface area (Å²) < 4.78 is 2.15. The number of fused-ring (bicyclic) bond motifs is 1. The quantitative estimate of drug-likeness (QED) is 0.909. The minimum atomic E-state index is 0.0867. The summed E-state index contributed by atoms with van der Waals surface area (Å²) in [6, 6.07) is 4.68. The molecule has 3 heterocycles. The molecule has 0 spiro atoms. The fourth-order valence-corrected chi connectivity index (χ4v) is 3.78. The molecule has 25 heavy (non-hydrogen) atoms. The normalized spacial score (nSPS) is 21.2. The number of imidazole rings is 1. The van der Waals surface area contributed by atoms with Crippen molar-refractivity contribution in [1.29, 1.82) is 0 Å². The second-order valence-corrected chi connectivity index (χ2v) is 7.57. The first-order chi connectivity index (χ1) is 12.0. The van der Waals surface area contributed by atoms with Crippen molar-refractivity contribution in [3.63, 3.8) is 0 Å². The number of carbonyl (C=O) groups is 1. The van der Waals surface area contributed by atoms with E-state index in [1.165, 1.54) is 11.3 Å². The molecule has 5 nitrogen and oxygen atoms in total. The molecule has 1 fully saturated rings. The highest BCUT2D eigenvalue weighted by atomic mass is 16.2. The summed E-state index contributed by atoms with van der Waals surface area (Å²) in [7, 11) is 0. The van der Waals surface area contributed by atoms with Crippen LogP contribution in [0, 0.1) is 18.8 Å². The van der Waals surface area contributed by atoms with Gasteiger partial charge in [-0.2, -0.15) is 0 Å². The number of pyridine rings is 1. The molecule has 1 aliphatic heterocycles. The van der Waals surface area contributed by atoms with Gasteiger partial charge in [0.2, 0.25) is 5.91 Å². The van der Waals surface area contributed by atoms with Crippen molar-refractivity contribution in [2.24, 2.45) is 11.8 Å². The third-order valence-corrected chi connectivity index (χ3v) is 5.35. The third-order valence-electron chi connectivity index (χ3n) is 5.35. The predicted octanol–water partition coefficient (Wildman–Crippen LogP) is 3.02. The summed E-state index contributed by atoms with van der Waals surface area (Å²) in [5.41, 5.74) is 3.41. The van der Waals surface area contributed by atoms with Crippen molar-refractivity contribution >= 4 is 11.6 Å². The van der Waals surface area contributed by atoms with E-state index in [1.54, 1.807) is 0 Å². The Morgan fingerprint density at radius 1 is 1.44 bits per heavy atom. The lowest BCUT2D eigenvalue weighted by atomic mass is 9.89. The van der Waals surface area contributed by atoms with Crippen LogP contribution in [-0.2, 0) is 11.3 Å². The third kappa shape index (κ3) is 3.87. The number of rotatable bonds is 5. The fourth-order valence-electron chi connectivity index (χ4n) is 3.78. The van der Waals surface area contributed by atoms with E-state index in [0.717, 1.165) is 38.1 Å². The predicted molar refractivity (Wildman–Crippen MR) is 100 cm³/mol. The fraction of sp³-hybridized carbons (Fsp3) is 0.600. The number of aryl methyl sites for hydroxylation is 1. The van der Waals surface area contributed by atoms with Gasteiger partial charge < -0.3 is 14.6 Å². The molecule has 1 aliphatic rings. The lowest BCUT2D eigenvalue weighted by Gasteiger charge is -2.39. The first-order valence-electron chi connectivity index (χ1n) is 9.44. The first-order valence-corrected chi connectivity index (χ1v) is 9.44. The van der Waals surface area contributed by atoms with Gasteiger partial charge in [-0.3, -0.25) is 4.79 Å². The second-order valence-electron chi connectivity index (χ2n) is 7.57. The van der Waals surface area contributed by atoms with Gasteiger partial charge in [0, 0.05) is 37.8 Å². The molecule has 0 unspecified atom stereocenters. The molecule has 0 bridgehead atoms. The Bertz CT molecular complexity index is 736. The lowest BCUT2D eigenvalue weighted by Crippen LogP contribution is -2.51. The molecule has 2 atom stereocenters. The number of hydrogen-bond acceptors (Lipinski definition) is 3. The van der Waals surface area contributed by atoms with Crippen LogP contribution in [0.25, 0.3) is 5.65 Å². The minimum Gasteiger partial charge on any atom is -0.342 e. The summed E-state index contributed by atoms with van der Waals surface area (Å²) >= 11 is 0. The molecule has 0 aromatic carbocycles. The van der Waals surface area contributed by atoms with Gasteiger partial charge in [-0.25, -0.2) is 4.98 Å². The summed E-state index contributed by atoms with van der Waals surface area (Å²) in [6.45, 7) is 10.8. The number of carbonyl (C=O) groups excluding carboxylic acids is 1. The molecule has 136 valence electrons. The maximum absolute atomic E-state index is 12.3. The van der Waals surface area contributed by atoms with E-state index in [-0.39, 0.29) is 11.8 Å². The van der Waals surface area contributed by atoms with Gasteiger partial charge in [-0.05, 0) is 37.0 Å². The van der Waals surface area contributed by atoms with Crippen molar-refractivity contribution in [1.82, 2.24) is 19.6 Å². The topological polar surface area (TPSA) is 49.6 Å². The molecule has 1 N–H and O–H groups in total. The largest absolute Gasteiger partial charge is 0.342 e. The highest BCUT2D eigenvalue weighted by Crippen LogP contribution is 2.22. The molecule has 5 heteroatoms. The maximum atomic E-state index is 12.3. The molecular weight excluding hydrogens is 312 g/mol. The van der Waals surface area contributed by atoms with Crippen molar-refractivity contribution in [3.05, 3.63) is 35.8 Å². The van der Waals surface area contributed by atoms with Gasteiger partial charge in [-0.1, -0.05) is 27.2 Å². The van der Waals surface area contributed by atoms with E-state index in [0.29, 0.717) is 12.0 Å². The van der Waals surface area contributed by atoms with Crippen LogP contribution in [0.4, 0.5) is 0 Å². The van der Waals surface area contributed by atoms with Gasteiger partial charge in [0.25, 0.3) is 0 Å². The molecule has 0 saturated carbocycles. The monoisotopic (exact) mass is 342 g/mol. The Morgan fingerprint density at radius 2 is 2.24 bits per heavy atom. The zero-order valence-corrected chi connectivity index (χ0v) is 15.8. The maximum Gasteiger partial charge on any atom is 0.225 e. The van der Waals surface area contributed by atoms with E-state index in [4.69, 9.17) is 0 Å². The van der Waals surface area contributed by atoms with Gasteiger partial charge in [0.1, 0.15) is 5.65 Å². The smallest absolute Gasteiger partial charge is 0.225 e. The number of nitrogens with zero attached hydrogens (tertiary/aromatic N) is 3. The van der Waals surface area contributed by atoms with Crippen molar-refractivity contribution in [2.45, 2.75) is 53.1 Å². The van der Waals surface area contributed by atoms with Gasteiger partial charge >= 0.3 is 0 Å². The van der Waals surface area contributed by atoms with E-state index in [9.17, 15) is 4.79 Å². The highest BCUT2D eigenvalue weighted by Gasteiger charge is 2.30. The van der Waals surface area contributed by atoms with Crippen LogP contribution < -0.4 is 5.32 Å². The first kappa shape index (κ1) is 17.9. The van der Waals surface area contributed by atoms with Crippen LogP contribution in [0.3, 0.4) is 0 Å². The Hall–Kier alpha value is -1.88. The zero-order valence-electron chi connectivity index (χ0n) is 15.8. The number of amides is 1. The van der Waals surface area contributed by atoms with Crippen LogP contribution in [0.5, 0.6) is 0 Å². The van der Waals surface area contributed by atoms with Crippen LogP contribution in [0.1, 0.15) is 44.9 Å². The van der Waals surface area contributed by atoms with Crippen LogP contribution in [0.15, 0.2) is 24.5 Å². The van der Waals surface area contributed by atoms with Crippen molar-refractivity contribution in [2.75, 3.05) is 13.1 Å². The number of likely N-dealkylation sites (tertiary alicyclic amines) is 1. The van der Waals surface area contributed by atoms with E-state index >= 15 is 0 Å². The van der Waals surface area contributed by atoms with Gasteiger partial charge in [0.05, 0.1) is 11.9 Å². The summed E-state index contributed by atoms with van der Waals surface area (Å²) in [6.07, 6.45) is 6.16. The summed E-state index contributed by atoms with van der Waals surface area (Å²) in [5, 5.41) is 3.72. The average molecular weight is 342 g/mol. The Balaban J connectivity index is 1.63. The van der Waals surface area contributed by atoms with Crippen molar-refractivity contribution in [3.8, 4) is 0 Å². The van der Waals surface area contributed by atoms with E-state index in [2.05, 4.69) is 46.9 Å². The standard InChI is InChI=1S/C20H30N4O/c1-5-16-13-23(20(25)14(2)3)8-7-18(16)21-11-17-12-22-19-10-15(4)6-9-24(17)19/h6,9-10,12,14,16,18,21H,5,7-8,11,13H2,1-4H3/t16-,18+/m0/s1. The SMILES string of the molecule is CC[C@H]1CN(C(=O)C(C)C)CC[C@H]1NCc1cnc2cc(C)ccn12. The minimum absolute atomic E-state index is 0.0867.